The Morgan fingerprint density at radius 2 is 1.77 bits per heavy atom. The van der Waals surface area contributed by atoms with Crippen LogP contribution in [-0.2, 0) is 13.0 Å². The molecule has 6 heteroatoms. The first kappa shape index (κ1) is 24.1. The van der Waals surface area contributed by atoms with Crippen molar-refractivity contribution in [2.45, 2.75) is 51.2 Å². The molecular weight excluding hydrogens is 440 g/mol. The Labute approximate surface area is 209 Å². The number of ketones is 1. The standard InChI is InChI=1S/C29H38N2O4/c1-29-13-9-8-12-21(29)18-22-26(35-29)23(19-31-16-14-30(2)15-17-31)28(34-4)24(27(22)33-3)25(32)20-10-6-5-7-11-20/h5-7,10-11,21H,8-9,12-19H2,1-4H3. The first-order valence-electron chi connectivity index (χ1n) is 12.9. The summed E-state index contributed by atoms with van der Waals surface area (Å²) in [4.78, 5) is 18.7. The Bertz CT molecular complexity index is 1080. The van der Waals surface area contributed by atoms with E-state index in [1.54, 1.807) is 14.2 Å². The summed E-state index contributed by atoms with van der Waals surface area (Å²) in [6.45, 7) is 6.96. The molecule has 1 aliphatic carbocycles. The Kier molecular flexibility index (Phi) is 6.78. The molecule has 188 valence electrons. The van der Waals surface area contributed by atoms with Crippen LogP contribution in [0.15, 0.2) is 30.3 Å². The van der Waals surface area contributed by atoms with Crippen molar-refractivity contribution < 1.29 is 19.0 Å². The molecule has 2 atom stereocenters. The molecular formula is C29H38N2O4. The van der Waals surface area contributed by atoms with Gasteiger partial charge in [0.1, 0.15) is 28.4 Å². The molecule has 2 aromatic carbocycles. The monoisotopic (exact) mass is 478 g/mol. The minimum absolute atomic E-state index is 0.0706. The van der Waals surface area contributed by atoms with Crippen molar-refractivity contribution in [2.75, 3.05) is 47.4 Å². The van der Waals surface area contributed by atoms with Gasteiger partial charge < -0.3 is 19.1 Å². The molecule has 0 aromatic heterocycles. The number of hydrogen-bond acceptors (Lipinski definition) is 6. The van der Waals surface area contributed by atoms with Crippen LogP contribution < -0.4 is 14.2 Å². The second kappa shape index (κ2) is 9.82. The molecule has 0 N–H and O–H groups in total. The Balaban J connectivity index is 1.68. The molecule has 0 spiro atoms. The van der Waals surface area contributed by atoms with Crippen LogP contribution in [0, 0.1) is 5.92 Å². The number of piperazine rings is 1. The number of nitrogens with zero attached hydrogens (tertiary/aromatic N) is 2. The molecule has 3 aliphatic rings. The van der Waals surface area contributed by atoms with Crippen molar-refractivity contribution in [3.63, 3.8) is 0 Å². The van der Waals surface area contributed by atoms with Crippen molar-refractivity contribution >= 4 is 5.78 Å². The van der Waals surface area contributed by atoms with Crippen molar-refractivity contribution in [3.8, 4) is 17.2 Å². The number of carbonyl (C=O) groups is 1. The summed E-state index contributed by atoms with van der Waals surface area (Å²) in [5.41, 5.74) is 2.97. The predicted octanol–water partition coefficient (Wildman–Crippen LogP) is 4.57. The van der Waals surface area contributed by atoms with Crippen LogP contribution >= 0.6 is 0 Å². The van der Waals surface area contributed by atoms with Crippen LogP contribution in [0.1, 0.15) is 59.7 Å². The van der Waals surface area contributed by atoms with Gasteiger partial charge in [0, 0.05) is 49.8 Å². The van der Waals surface area contributed by atoms with Crippen molar-refractivity contribution in [2.24, 2.45) is 5.92 Å². The third-order valence-electron chi connectivity index (χ3n) is 8.32. The normalized spacial score (nSPS) is 24.7. The summed E-state index contributed by atoms with van der Waals surface area (Å²) in [6, 6.07) is 9.43. The number of carbonyl (C=O) groups excluding carboxylic acids is 1. The lowest BCUT2D eigenvalue weighted by Gasteiger charge is -2.47. The van der Waals surface area contributed by atoms with E-state index in [0.29, 0.717) is 35.1 Å². The Morgan fingerprint density at radius 3 is 2.46 bits per heavy atom. The third-order valence-corrected chi connectivity index (χ3v) is 8.32. The maximum absolute atomic E-state index is 13.9. The smallest absolute Gasteiger partial charge is 0.200 e. The van der Waals surface area contributed by atoms with Crippen molar-refractivity contribution in [1.82, 2.24) is 9.80 Å². The number of rotatable bonds is 6. The van der Waals surface area contributed by atoms with Crippen LogP contribution in [0.25, 0.3) is 0 Å². The highest BCUT2D eigenvalue weighted by molar-refractivity contribution is 6.13. The van der Waals surface area contributed by atoms with E-state index in [1.807, 2.05) is 30.3 Å². The van der Waals surface area contributed by atoms with Gasteiger partial charge in [-0.1, -0.05) is 36.8 Å². The van der Waals surface area contributed by atoms with Crippen LogP contribution in [0.2, 0.25) is 0 Å². The van der Waals surface area contributed by atoms with Crippen LogP contribution in [-0.4, -0.2) is 68.6 Å². The number of likely N-dealkylation sites (N-methyl/N-ethyl adjacent to an activating group) is 1. The fourth-order valence-corrected chi connectivity index (χ4v) is 6.17. The van der Waals surface area contributed by atoms with E-state index < -0.39 is 0 Å². The number of methoxy groups -OCH3 is 2. The van der Waals surface area contributed by atoms with E-state index in [-0.39, 0.29) is 11.4 Å². The van der Waals surface area contributed by atoms with Gasteiger partial charge in [0.25, 0.3) is 0 Å². The second-order valence-corrected chi connectivity index (χ2v) is 10.6. The first-order chi connectivity index (χ1) is 16.9. The van der Waals surface area contributed by atoms with Crippen molar-refractivity contribution in [3.05, 3.63) is 52.6 Å². The topological polar surface area (TPSA) is 51.2 Å². The summed E-state index contributed by atoms with van der Waals surface area (Å²) < 4.78 is 19.0. The zero-order chi connectivity index (χ0) is 24.6. The van der Waals surface area contributed by atoms with E-state index >= 15 is 0 Å². The average molecular weight is 479 g/mol. The summed E-state index contributed by atoms with van der Waals surface area (Å²) in [5.74, 6) is 2.43. The summed E-state index contributed by atoms with van der Waals surface area (Å²) >= 11 is 0. The molecule has 2 heterocycles. The second-order valence-electron chi connectivity index (χ2n) is 10.6. The van der Waals surface area contributed by atoms with Crippen LogP contribution in [0.3, 0.4) is 0 Å². The summed E-state index contributed by atoms with van der Waals surface area (Å²) in [7, 11) is 5.48. The van der Waals surface area contributed by atoms with Crippen LogP contribution in [0.4, 0.5) is 0 Å². The van der Waals surface area contributed by atoms with Gasteiger partial charge in [-0.2, -0.15) is 0 Å². The summed E-state index contributed by atoms with van der Waals surface area (Å²) in [5, 5.41) is 0. The highest BCUT2D eigenvalue weighted by atomic mass is 16.5. The fraction of sp³-hybridized carbons (Fsp3) is 0.552. The molecule has 0 radical (unpaired) electrons. The van der Waals surface area contributed by atoms with Gasteiger partial charge in [-0.05, 0) is 39.7 Å². The van der Waals surface area contributed by atoms with Gasteiger partial charge in [-0.25, -0.2) is 0 Å². The van der Waals surface area contributed by atoms with Gasteiger partial charge in [0.15, 0.2) is 0 Å². The van der Waals surface area contributed by atoms with Gasteiger partial charge >= 0.3 is 0 Å². The minimum Gasteiger partial charge on any atom is -0.495 e. The van der Waals surface area contributed by atoms with Gasteiger partial charge in [0.05, 0.1) is 19.8 Å². The SMILES string of the molecule is COc1c2c(c(CN3CCN(C)CC3)c(OC)c1C(=O)c1ccccc1)OC1(C)CCCCC1C2. The molecule has 0 amide bonds. The fourth-order valence-electron chi connectivity index (χ4n) is 6.17. The molecule has 2 fully saturated rings. The molecule has 1 saturated heterocycles. The maximum atomic E-state index is 13.9. The first-order valence-corrected chi connectivity index (χ1v) is 12.9. The number of benzene rings is 2. The predicted molar refractivity (Wildman–Crippen MR) is 137 cm³/mol. The molecule has 1 saturated carbocycles. The Morgan fingerprint density at radius 1 is 1.06 bits per heavy atom. The number of fused-ring (bicyclic) bond motifs is 2. The van der Waals surface area contributed by atoms with Crippen LogP contribution in [0.5, 0.6) is 17.2 Å². The zero-order valence-electron chi connectivity index (χ0n) is 21.6. The quantitative estimate of drug-likeness (QED) is 0.567. The van der Waals surface area contributed by atoms with Gasteiger partial charge in [-0.15, -0.1) is 0 Å². The lowest BCUT2D eigenvalue weighted by molar-refractivity contribution is -0.0238. The lowest BCUT2D eigenvalue weighted by atomic mass is 9.71. The highest BCUT2D eigenvalue weighted by Gasteiger charge is 2.46. The lowest BCUT2D eigenvalue weighted by Crippen LogP contribution is -2.48. The zero-order valence-corrected chi connectivity index (χ0v) is 21.6. The largest absolute Gasteiger partial charge is 0.495 e. The average Bonchev–Trinajstić information content (AvgIpc) is 2.88. The maximum Gasteiger partial charge on any atom is 0.200 e. The minimum atomic E-state index is -0.191. The van der Waals surface area contributed by atoms with E-state index in [1.165, 1.54) is 12.8 Å². The number of ether oxygens (including phenoxy) is 3. The molecule has 2 aliphatic heterocycles. The summed E-state index contributed by atoms with van der Waals surface area (Å²) in [6.07, 6.45) is 5.47. The molecule has 6 nitrogen and oxygen atoms in total. The molecule has 2 aromatic rings. The van der Waals surface area contributed by atoms with E-state index in [9.17, 15) is 4.79 Å². The van der Waals surface area contributed by atoms with Gasteiger partial charge in [0.2, 0.25) is 5.78 Å². The third kappa shape index (κ3) is 4.43. The highest BCUT2D eigenvalue weighted by Crippen LogP contribution is 2.53. The van der Waals surface area contributed by atoms with E-state index in [2.05, 4.69) is 23.8 Å². The Hall–Kier alpha value is -2.57. The van der Waals surface area contributed by atoms with Crippen molar-refractivity contribution in [1.29, 1.82) is 0 Å². The van der Waals surface area contributed by atoms with E-state index in [0.717, 1.165) is 62.3 Å². The number of hydrogen-bond donors (Lipinski definition) is 0. The molecule has 0 bridgehead atoms. The molecule has 2 unspecified atom stereocenters. The van der Waals surface area contributed by atoms with E-state index in [4.69, 9.17) is 14.2 Å². The molecule has 35 heavy (non-hydrogen) atoms. The van der Waals surface area contributed by atoms with Gasteiger partial charge in [-0.3, -0.25) is 9.69 Å². The molecule has 5 rings (SSSR count).